The largest absolute Gasteiger partial charge is 0.493 e. The Balaban J connectivity index is 1.96. The molecule has 8 heteroatoms. The maximum Gasteiger partial charge on any atom is 0.320 e. The van der Waals surface area contributed by atoms with Crippen molar-refractivity contribution < 1.29 is 28.9 Å². The molecule has 2 aromatic carbocycles. The molecule has 0 aliphatic carbocycles. The molecule has 0 radical (unpaired) electrons. The van der Waals surface area contributed by atoms with Crippen molar-refractivity contribution in [2.45, 2.75) is 31.7 Å². The number of fused-ring (bicyclic) bond motifs is 1. The quantitative estimate of drug-likeness (QED) is 0.624. The first-order chi connectivity index (χ1) is 13.9. The predicted octanol–water partition coefficient (Wildman–Crippen LogP) is 2.35. The van der Waals surface area contributed by atoms with Gasteiger partial charge in [-0.15, -0.1) is 0 Å². The number of carboxylic acids is 1. The van der Waals surface area contributed by atoms with Gasteiger partial charge in [-0.2, -0.15) is 0 Å². The summed E-state index contributed by atoms with van der Waals surface area (Å²) in [6.45, 7) is 1.73. The monoisotopic (exact) mass is 400 g/mol. The number of ether oxygens (including phenoxy) is 3. The molecule has 0 fully saturated rings. The van der Waals surface area contributed by atoms with Gasteiger partial charge in [0.15, 0.2) is 17.6 Å². The average molecular weight is 400 g/mol. The summed E-state index contributed by atoms with van der Waals surface area (Å²) in [6.07, 6.45) is -0.928. The Hall–Kier alpha value is -3.10. The van der Waals surface area contributed by atoms with E-state index in [0.29, 0.717) is 22.7 Å². The lowest BCUT2D eigenvalue weighted by Crippen LogP contribution is -2.49. The maximum atomic E-state index is 12.8. The number of nitrogens with one attached hydrogen (secondary N) is 2. The van der Waals surface area contributed by atoms with E-state index in [9.17, 15) is 14.7 Å². The summed E-state index contributed by atoms with van der Waals surface area (Å²) in [5.74, 6) is -0.463. The molecule has 3 atom stereocenters. The molecular weight excluding hydrogens is 376 g/mol. The molecule has 1 aliphatic rings. The molecule has 154 valence electrons. The van der Waals surface area contributed by atoms with Crippen LogP contribution in [-0.4, -0.2) is 43.3 Å². The number of carbonyl (C=O) groups excluding carboxylic acids is 1. The Kier molecular flexibility index (Phi) is 6.36. The second-order valence-corrected chi connectivity index (χ2v) is 6.71. The third-order valence-electron chi connectivity index (χ3n) is 4.78. The summed E-state index contributed by atoms with van der Waals surface area (Å²) in [4.78, 5) is 24.2. The molecule has 8 nitrogen and oxygen atoms in total. The van der Waals surface area contributed by atoms with Gasteiger partial charge in [0.2, 0.25) is 0 Å². The van der Waals surface area contributed by atoms with Gasteiger partial charge in [-0.25, -0.2) is 0 Å². The van der Waals surface area contributed by atoms with Crippen molar-refractivity contribution >= 4 is 17.6 Å². The van der Waals surface area contributed by atoms with Gasteiger partial charge in [-0.3, -0.25) is 14.9 Å². The molecular formula is C21H24N2O6. The zero-order valence-corrected chi connectivity index (χ0v) is 16.5. The van der Waals surface area contributed by atoms with Crippen molar-refractivity contribution in [3.8, 4) is 11.5 Å². The minimum atomic E-state index is -1.03. The fourth-order valence-corrected chi connectivity index (χ4v) is 3.23. The predicted molar refractivity (Wildman–Crippen MR) is 106 cm³/mol. The second kappa shape index (κ2) is 8.93. The van der Waals surface area contributed by atoms with E-state index < -0.39 is 24.2 Å². The van der Waals surface area contributed by atoms with E-state index in [1.807, 2.05) is 30.3 Å². The summed E-state index contributed by atoms with van der Waals surface area (Å²) in [5.41, 5.74) is 2.08. The lowest BCUT2D eigenvalue weighted by Gasteiger charge is -2.35. The number of hydrogen-bond donors (Lipinski definition) is 3. The standard InChI is InChI=1S/C21H24N2O6/c1-12(21(25)26)22-18-14-9-16(27-2)17(28-3)10-15(14)23-20(24)19(18)29-11-13-7-5-4-6-8-13/h4-10,12,18-19,22H,11H2,1-3H3,(H,23,24)(H,25,26). The molecule has 29 heavy (non-hydrogen) atoms. The van der Waals surface area contributed by atoms with Crippen molar-refractivity contribution in [1.82, 2.24) is 5.32 Å². The lowest BCUT2D eigenvalue weighted by atomic mass is 9.93. The van der Waals surface area contributed by atoms with E-state index in [-0.39, 0.29) is 12.5 Å². The number of benzene rings is 2. The van der Waals surface area contributed by atoms with Crippen LogP contribution in [0.5, 0.6) is 11.5 Å². The smallest absolute Gasteiger partial charge is 0.320 e. The van der Waals surface area contributed by atoms with Gasteiger partial charge < -0.3 is 24.6 Å². The van der Waals surface area contributed by atoms with Crippen molar-refractivity contribution in [2.24, 2.45) is 0 Å². The van der Waals surface area contributed by atoms with Crippen molar-refractivity contribution in [3.05, 3.63) is 53.6 Å². The van der Waals surface area contributed by atoms with Crippen LogP contribution in [0.25, 0.3) is 0 Å². The van der Waals surface area contributed by atoms with Gasteiger partial charge in [0.25, 0.3) is 5.91 Å². The maximum absolute atomic E-state index is 12.8. The molecule has 0 bridgehead atoms. The summed E-state index contributed by atoms with van der Waals surface area (Å²) < 4.78 is 16.6. The lowest BCUT2D eigenvalue weighted by molar-refractivity contribution is -0.141. The van der Waals surface area contributed by atoms with E-state index in [2.05, 4.69) is 10.6 Å². The number of rotatable bonds is 8. The summed E-state index contributed by atoms with van der Waals surface area (Å²) >= 11 is 0. The molecule has 0 saturated heterocycles. The third-order valence-corrected chi connectivity index (χ3v) is 4.78. The highest BCUT2D eigenvalue weighted by Crippen LogP contribution is 2.40. The topological polar surface area (TPSA) is 106 Å². The first-order valence-corrected chi connectivity index (χ1v) is 9.15. The second-order valence-electron chi connectivity index (χ2n) is 6.71. The first kappa shape index (κ1) is 20.6. The molecule has 2 aromatic rings. The molecule has 0 spiro atoms. The molecule has 3 rings (SSSR count). The van der Waals surface area contributed by atoms with Crippen LogP contribution in [0.4, 0.5) is 5.69 Å². The van der Waals surface area contributed by atoms with E-state index in [1.165, 1.54) is 21.1 Å². The van der Waals surface area contributed by atoms with Crippen molar-refractivity contribution in [1.29, 1.82) is 0 Å². The molecule has 1 amide bonds. The van der Waals surface area contributed by atoms with Crippen LogP contribution in [0.1, 0.15) is 24.1 Å². The van der Waals surface area contributed by atoms with Gasteiger partial charge >= 0.3 is 5.97 Å². The summed E-state index contributed by atoms with van der Waals surface area (Å²) in [7, 11) is 3.01. The molecule has 1 aliphatic heterocycles. The minimum absolute atomic E-state index is 0.210. The Labute approximate surface area is 168 Å². The van der Waals surface area contributed by atoms with E-state index >= 15 is 0 Å². The van der Waals surface area contributed by atoms with Crippen LogP contribution in [0.15, 0.2) is 42.5 Å². The van der Waals surface area contributed by atoms with Gasteiger partial charge in [-0.05, 0) is 24.1 Å². The Morgan fingerprint density at radius 2 is 1.83 bits per heavy atom. The highest BCUT2D eigenvalue weighted by atomic mass is 16.5. The van der Waals surface area contributed by atoms with Gasteiger partial charge in [0.1, 0.15) is 6.04 Å². The number of aliphatic carboxylic acids is 1. The highest BCUT2D eigenvalue weighted by Gasteiger charge is 2.39. The van der Waals surface area contributed by atoms with Crippen molar-refractivity contribution in [2.75, 3.05) is 19.5 Å². The number of methoxy groups -OCH3 is 2. The first-order valence-electron chi connectivity index (χ1n) is 9.15. The highest BCUT2D eigenvalue weighted by molar-refractivity contribution is 5.98. The Morgan fingerprint density at radius 3 is 2.45 bits per heavy atom. The SMILES string of the molecule is COc1cc2c(cc1OC)C(NC(C)C(=O)O)C(OCc1ccccc1)C(=O)N2. The van der Waals surface area contributed by atoms with Crippen LogP contribution in [0.2, 0.25) is 0 Å². The number of carboxylic acid groups (broad SMARTS) is 1. The fraction of sp³-hybridized carbons (Fsp3) is 0.333. The molecule has 3 unspecified atom stereocenters. The Bertz CT molecular complexity index is 886. The molecule has 3 N–H and O–H groups in total. The number of carbonyl (C=O) groups is 2. The summed E-state index contributed by atoms with van der Waals surface area (Å²) in [6, 6.07) is 11.2. The number of amides is 1. The number of hydrogen-bond acceptors (Lipinski definition) is 6. The van der Waals surface area contributed by atoms with E-state index in [1.54, 1.807) is 12.1 Å². The molecule has 0 saturated carbocycles. The van der Waals surface area contributed by atoms with E-state index in [0.717, 1.165) is 5.56 Å². The van der Waals surface area contributed by atoms with Crippen LogP contribution in [0.3, 0.4) is 0 Å². The van der Waals surface area contributed by atoms with E-state index in [4.69, 9.17) is 14.2 Å². The van der Waals surface area contributed by atoms with Crippen LogP contribution in [0, 0.1) is 0 Å². The zero-order valence-electron chi connectivity index (χ0n) is 16.5. The minimum Gasteiger partial charge on any atom is -0.493 e. The van der Waals surface area contributed by atoms with Crippen LogP contribution >= 0.6 is 0 Å². The van der Waals surface area contributed by atoms with Crippen molar-refractivity contribution in [3.63, 3.8) is 0 Å². The number of anilines is 1. The summed E-state index contributed by atoms with van der Waals surface area (Å²) in [5, 5.41) is 15.2. The fourth-order valence-electron chi connectivity index (χ4n) is 3.23. The average Bonchev–Trinajstić information content (AvgIpc) is 2.72. The normalized spacial score (nSPS) is 19.1. The molecule has 1 heterocycles. The van der Waals surface area contributed by atoms with Gasteiger partial charge in [-0.1, -0.05) is 30.3 Å². The van der Waals surface area contributed by atoms with Crippen LogP contribution in [-0.2, 0) is 20.9 Å². The third kappa shape index (κ3) is 4.49. The Morgan fingerprint density at radius 1 is 1.17 bits per heavy atom. The van der Waals surface area contributed by atoms with Crippen LogP contribution < -0.4 is 20.1 Å². The molecule has 0 aromatic heterocycles. The zero-order chi connectivity index (χ0) is 21.0. The van der Waals surface area contributed by atoms with Gasteiger partial charge in [0.05, 0.1) is 26.9 Å². The van der Waals surface area contributed by atoms with Gasteiger partial charge in [0, 0.05) is 11.8 Å².